The average Bonchev–Trinajstić information content (AvgIpc) is 2.75. The summed E-state index contributed by atoms with van der Waals surface area (Å²) in [4.78, 5) is 12.6. The van der Waals surface area contributed by atoms with Gasteiger partial charge in [-0.05, 0) is 50.5 Å². The van der Waals surface area contributed by atoms with Gasteiger partial charge in [-0.2, -0.15) is 0 Å². The molecular weight excluding hydrogens is 471 g/mol. The number of carbonyl (C=O) groups is 1. The molecule has 0 spiro atoms. The van der Waals surface area contributed by atoms with Gasteiger partial charge in [0, 0.05) is 28.7 Å². The van der Waals surface area contributed by atoms with E-state index in [0.717, 1.165) is 16.9 Å². The highest BCUT2D eigenvalue weighted by atomic mass is 35.5. The number of sulfonamides is 1. The first kappa shape index (κ1) is 24.8. The van der Waals surface area contributed by atoms with E-state index in [2.05, 4.69) is 5.32 Å². The van der Waals surface area contributed by atoms with Crippen LogP contribution in [0, 0.1) is 19.8 Å². The van der Waals surface area contributed by atoms with Crippen LogP contribution in [0.5, 0.6) is 5.75 Å². The number of nitrogens with one attached hydrogen (secondary N) is 1. The topological polar surface area (TPSA) is 75.7 Å². The first-order valence-electron chi connectivity index (χ1n) is 10.6. The minimum Gasteiger partial charge on any atom is -0.491 e. The SMILES string of the molecule is Cc1ccc(OCCNC(=O)[C@H]2CCCN(S(=O)(=O)Cc3c(Cl)cccc3Cl)C2)c(C)c1. The van der Waals surface area contributed by atoms with Crippen molar-refractivity contribution in [3.05, 3.63) is 63.1 Å². The van der Waals surface area contributed by atoms with Crippen molar-refractivity contribution in [2.24, 2.45) is 5.92 Å². The minimum absolute atomic E-state index is 0.147. The molecule has 1 saturated heterocycles. The molecule has 0 bridgehead atoms. The summed E-state index contributed by atoms with van der Waals surface area (Å²) in [5.74, 6) is -0.0619. The van der Waals surface area contributed by atoms with E-state index >= 15 is 0 Å². The number of rotatable bonds is 8. The van der Waals surface area contributed by atoms with Gasteiger partial charge in [-0.15, -0.1) is 0 Å². The van der Waals surface area contributed by atoms with Gasteiger partial charge < -0.3 is 10.1 Å². The number of amides is 1. The van der Waals surface area contributed by atoms with Gasteiger partial charge in [0.05, 0.1) is 18.2 Å². The van der Waals surface area contributed by atoms with E-state index in [-0.39, 0.29) is 18.2 Å². The molecule has 0 saturated carbocycles. The van der Waals surface area contributed by atoms with Gasteiger partial charge >= 0.3 is 0 Å². The Morgan fingerprint density at radius 2 is 1.91 bits per heavy atom. The van der Waals surface area contributed by atoms with Crippen molar-refractivity contribution in [3.63, 3.8) is 0 Å². The molecule has 1 N–H and O–H groups in total. The molecule has 9 heteroatoms. The fourth-order valence-corrected chi connectivity index (χ4v) is 6.16. The zero-order valence-electron chi connectivity index (χ0n) is 18.2. The summed E-state index contributed by atoms with van der Waals surface area (Å²) in [6.07, 6.45) is 1.26. The number of hydrogen-bond donors (Lipinski definition) is 1. The molecular formula is C23H28Cl2N2O4S. The first-order chi connectivity index (χ1) is 15.2. The van der Waals surface area contributed by atoms with E-state index in [0.29, 0.717) is 48.1 Å². The fourth-order valence-electron chi connectivity index (χ4n) is 3.79. The van der Waals surface area contributed by atoms with Crippen LogP contribution in [0.3, 0.4) is 0 Å². The highest BCUT2D eigenvalue weighted by Gasteiger charge is 2.33. The molecule has 1 fully saturated rings. The summed E-state index contributed by atoms with van der Waals surface area (Å²) in [6.45, 7) is 5.22. The molecule has 6 nitrogen and oxygen atoms in total. The lowest BCUT2D eigenvalue weighted by atomic mass is 9.99. The summed E-state index contributed by atoms with van der Waals surface area (Å²) >= 11 is 12.3. The normalized spacial score (nSPS) is 17.2. The molecule has 32 heavy (non-hydrogen) atoms. The second-order valence-electron chi connectivity index (χ2n) is 8.06. The number of hydrogen-bond acceptors (Lipinski definition) is 4. The van der Waals surface area contributed by atoms with Crippen molar-refractivity contribution in [1.29, 1.82) is 0 Å². The average molecular weight is 499 g/mol. The molecule has 0 radical (unpaired) electrons. The van der Waals surface area contributed by atoms with Crippen molar-refractivity contribution in [1.82, 2.24) is 9.62 Å². The van der Waals surface area contributed by atoms with Crippen molar-refractivity contribution in [2.45, 2.75) is 32.4 Å². The Bertz CT molecular complexity index is 1060. The van der Waals surface area contributed by atoms with Crippen molar-refractivity contribution in [3.8, 4) is 5.75 Å². The molecule has 1 atom stereocenters. The summed E-state index contributed by atoms with van der Waals surface area (Å²) in [7, 11) is -3.66. The molecule has 2 aromatic carbocycles. The van der Waals surface area contributed by atoms with Crippen LogP contribution >= 0.6 is 23.2 Å². The molecule has 174 valence electrons. The lowest BCUT2D eigenvalue weighted by Crippen LogP contribution is -2.46. The van der Waals surface area contributed by atoms with Gasteiger partial charge in [-0.25, -0.2) is 12.7 Å². The Labute approximate surface area is 199 Å². The zero-order chi connectivity index (χ0) is 23.3. The molecule has 0 aromatic heterocycles. The monoisotopic (exact) mass is 498 g/mol. The van der Waals surface area contributed by atoms with Gasteiger partial charge in [0.1, 0.15) is 12.4 Å². The summed E-state index contributed by atoms with van der Waals surface area (Å²) in [5.41, 5.74) is 2.59. The maximum Gasteiger partial charge on any atom is 0.224 e. The molecule has 1 aliphatic heterocycles. The Balaban J connectivity index is 1.52. The Morgan fingerprint density at radius 1 is 1.19 bits per heavy atom. The molecule has 2 aromatic rings. The number of piperidine rings is 1. The standard InChI is InChI=1S/C23H28Cl2N2O4S/c1-16-8-9-22(17(2)13-16)31-12-10-26-23(28)18-5-4-11-27(14-18)32(29,30)15-19-20(24)6-3-7-21(19)25/h3,6-9,13,18H,4-5,10-12,14-15H2,1-2H3,(H,26,28)/t18-/m0/s1. The fraction of sp³-hybridized carbons (Fsp3) is 0.435. The number of nitrogens with zero attached hydrogens (tertiary/aromatic N) is 1. The third-order valence-corrected chi connectivity index (χ3v) is 8.01. The van der Waals surface area contributed by atoms with Crippen LogP contribution in [-0.4, -0.2) is 44.9 Å². The molecule has 0 unspecified atom stereocenters. The maximum atomic E-state index is 13.0. The van der Waals surface area contributed by atoms with E-state index in [1.54, 1.807) is 18.2 Å². The number of benzene rings is 2. The number of carbonyl (C=O) groups excluding carboxylic acids is 1. The molecule has 1 aliphatic rings. The van der Waals surface area contributed by atoms with Gasteiger partial charge in [0.25, 0.3) is 0 Å². The van der Waals surface area contributed by atoms with Crippen molar-refractivity contribution in [2.75, 3.05) is 26.2 Å². The van der Waals surface area contributed by atoms with Crippen LogP contribution in [0.25, 0.3) is 0 Å². The van der Waals surface area contributed by atoms with Crippen LogP contribution in [0.15, 0.2) is 36.4 Å². The largest absolute Gasteiger partial charge is 0.491 e. The van der Waals surface area contributed by atoms with Gasteiger partial charge in [0.15, 0.2) is 0 Å². The highest BCUT2D eigenvalue weighted by molar-refractivity contribution is 7.88. The van der Waals surface area contributed by atoms with Crippen LogP contribution in [0.2, 0.25) is 10.0 Å². The van der Waals surface area contributed by atoms with Gasteiger partial charge in [0.2, 0.25) is 15.9 Å². The predicted molar refractivity (Wildman–Crippen MR) is 128 cm³/mol. The lowest BCUT2D eigenvalue weighted by Gasteiger charge is -2.31. The summed E-state index contributed by atoms with van der Waals surface area (Å²) in [6, 6.07) is 10.8. The molecule has 1 amide bonds. The van der Waals surface area contributed by atoms with E-state index in [4.69, 9.17) is 27.9 Å². The summed E-state index contributed by atoms with van der Waals surface area (Å²) < 4.78 is 33.0. The van der Waals surface area contributed by atoms with Gasteiger partial charge in [-0.1, -0.05) is 47.0 Å². The van der Waals surface area contributed by atoms with Gasteiger partial charge in [-0.3, -0.25) is 4.79 Å². The van der Waals surface area contributed by atoms with Crippen LogP contribution in [0.4, 0.5) is 0 Å². The zero-order valence-corrected chi connectivity index (χ0v) is 20.6. The van der Waals surface area contributed by atoms with E-state index < -0.39 is 15.9 Å². The number of halogens is 2. The van der Waals surface area contributed by atoms with E-state index in [1.807, 2.05) is 32.0 Å². The van der Waals surface area contributed by atoms with Crippen molar-refractivity contribution < 1.29 is 17.9 Å². The van der Waals surface area contributed by atoms with E-state index in [1.165, 1.54) is 4.31 Å². The second-order valence-corrected chi connectivity index (χ2v) is 10.8. The Kier molecular flexibility index (Phi) is 8.44. The number of ether oxygens (including phenoxy) is 1. The quantitative estimate of drug-likeness (QED) is 0.549. The van der Waals surface area contributed by atoms with Crippen molar-refractivity contribution >= 4 is 39.1 Å². The predicted octanol–water partition coefficient (Wildman–Crippen LogP) is 4.35. The third-order valence-electron chi connectivity index (χ3n) is 5.53. The Hall–Kier alpha value is -1.80. The van der Waals surface area contributed by atoms with Crippen LogP contribution < -0.4 is 10.1 Å². The second kappa shape index (κ2) is 10.9. The highest BCUT2D eigenvalue weighted by Crippen LogP contribution is 2.29. The molecule has 3 rings (SSSR count). The minimum atomic E-state index is -3.66. The maximum absolute atomic E-state index is 13.0. The smallest absolute Gasteiger partial charge is 0.224 e. The first-order valence-corrected chi connectivity index (χ1v) is 12.9. The lowest BCUT2D eigenvalue weighted by molar-refractivity contribution is -0.126. The van der Waals surface area contributed by atoms with E-state index in [9.17, 15) is 13.2 Å². The van der Waals surface area contributed by atoms with Crippen LogP contribution in [-0.2, 0) is 20.6 Å². The molecule has 1 heterocycles. The Morgan fingerprint density at radius 3 is 2.59 bits per heavy atom. The molecule has 0 aliphatic carbocycles. The summed E-state index contributed by atoms with van der Waals surface area (Å²) in [5, 5.41) is 3.50. The van der Waals surface area contributed by atoms with Crippen LogP contribution in [0.1, 0.15) is 29.5 Å². The third kappa shape index (κ3) is 6.38. The number of aryl methyl sites for hydroxylation is 2.